The molecule has 0 nitrogen and oxygen atoms in total. The van der Waals surface area contributed by atoms with Gasteiger partial charge in [-0.3, -0.25) is 0 Å². The molecule has 0 aromatic heterocycles. The number of rotatable bonds is 0. The van der Waals surface area contributed by atoms with Gasteiger partial charge in [0.15, 0.2) is 0 Å². The predicted molar refractivity (Wildman–Crippen MR) is 75.4 cm³/mol. The number of hydrogen-bond acceptors (Lipinski definition) is 0. The third kappa shape index (κ3) is 9.16. The van der Waals surface area contributed by atoms with Gasteiger partial charge in [0.1, 0.15) is 0 Å². The van der Waals surface area contributed by atoms with Gasteiger partial charge in [-0.15, -0.1) is 24.0 Å². The Kier molecular flexibility index (Phi) is 13.0. The average Bonchev–Trinajstić information content (AvgIpc) is 2.21. The largest absolute Gasteiger partial charge is 0.184 e. The summed E-state index contributed by atoms with van der Waals surface area (Å²) in [6.07, 6.45) is 0. The van der Waals surface area contributed by atoms with Gasteiger partial charge >= 0.3 is 0 Å². The first-order chi connectivity index (χ1) is 6.79. The first-order valence-electron chi connectivity index (χ1n) is 4.64. The third-order valence-corrected chi connectivity index (χ3v) is 1.77. The first kappa shape index (κ1) is 18.3. The summed E-state index contributed by atoms with van der Waals surface area (Å²) in [5.74, 6) is 0. The Morgan fingerprint density at radius 1 is 0.688 bits per heavy atom. The van der Waals surface area contributed by atoms with Crippen LogP contribution in [0, 0.1) is 26.0 Å². The number of halogens is 1. The van der Waals surface area contributed by atoms with Crippen molar-refractivity contribution in [3.63, 3.8) is 0 Å². The Bertz CT molecular complexity index is 308. The molecule has 0 fully saturated rings. The maximum Gasteiger partial charge on any atom is 0 e. The van der Waals surface area contributed by atoms with Gasteiger partial charge in [0.2, 0.25) is 0 Å². The molecule has 2 rings (SSSR count). The summed E-state index contributed by atoms with van der Waals surface area (Å²) in [5.41, 5.74) is 2.58. The number of benzene rings is 2. The van der Waals surface area contributed by atoms with E-state index >= 15 is 0 Å². The van der Waals surface area contributed by atoms with Crippen molar-refractivity contribution in [1.29, 1.82) is 0 Å². The molecule has 0 saturated heterocycles. The zero-order chi connectivity index (χ0) is 10.2. The van der Waals surface area contributed by atoms with Crippen LogP contribution in [0.3, 0.4) is 0 Å². The van der Waals surface area contributed by atoms with Gasteiger partial charge < -0.3 is 0 Å². The third-order valence-electron chi connectivity index (χ3n) is 1.77. The molecule has 0 bridgehead atoms. The number of aryl methyl sites for hydroxylation is 2. The van der Waals surface area contributed by atoms with Crippen molar-refractivity contribution in [2.45, 2.75) is 13.8 Å². The van der Waals surface area contributed by atoms with Crippen molar-refractivity contribution in [1.82, 2.24) is 0 Å². The Morgan fingerprint density at radius 2 is 0.938 bits per heavy atom. The van der Waals surface area contributed by atoms with Gasteiger partial charge in [-0.1, -0.05) is 13.8 Å². The molecule has 0 unspecified atom stereocenters. The van der Waals surface area contributed by atoms with Gasteiger partial charge in [-0.05, 0) is 0 Å². The molecule has 0 aliphatic rings. The van der Waals surface area contributed by atoms with E-state index in [0.29, 0.717) is 0 Å². The molecule has 0 amide bonds. The van der Waals surface area contributed by atoms with Gasteiger partial charge in [-0.25, -0.2) is 0 Å². The average molecular weight is 418 g/mol. The molecular weight excluding hydrogens is 403 g/mol. The zero-order valence-corrected chi connectivity index (χ0v) is 13.1. The Morgan fingerprint density at radius 3 is 1.06 bits per heavy atom. The van der Waals surface area contributed by atoms with Crippen LogP contribution in [0.25, 0.3) is 0 Å². The molecule has 0 spiro atoms. The minimum atomic E-state index is 0. The second kappa shape index (κ2) is 11.4. The smallest absolute Gasteiger partial charge is 0 e. The minimum Gasteiger partial charge on any atom is -0.184 e. The number of hydrogen-bond donors (Lipinski definition) is 0. The maximum atomic E-state index is 2.93. The SMILES string of the molecule is Cc1cc[c-]cc1.Cc1cc[c-]cc1.I.[Ag]. The van der Waals surface area contributed by atoms with Crippen LogP contribution in [0.4, 0.5) is 0 Å². The summed E-state index contributed by atoms with van der Waals surface area (Å²) in [6, 6.07) is 21.6. The van der Waals surface area contributed by atoms with E-state index < -0.39 is 0 Å². The summed E-state index contributed by atoms with van der Waals surface area (Å²) in [5, 5.41) is 0. The quantitative estimate of drug-likeness (QED) is 0.342. The fourth-order valence-corrected chi connectivity index (χ4v) is 0.940. The monoisotopic (exact) mass is 417 g/mol. The van der Waals surface area contributed by atoms with Crippen LogP contribution in [0.1, 0.15) is 11.1 Å². The van der Waals surface area contributed by atoms with Crippen molar-refractivity contribution >= 4 is 24.0 Å². The van der Waals surface area contributed by atoms with Gasteiger partial charge in [0.25, 0.3) is 0 Å². The Hall–Kier alpha value is -0.0897. The van der Waals surface area contributed by atoms with Crippen LogP contribution in [0.2, 0.25) is 0 Å². The fourth-order valence-electron chi connectivity index (χ4n) is 0.940. The molecule has 0 N–H and O–H groups in total. The van der Waals surface area contributed by atoms with Crippen LogP contribution in [-0.4, -0.2) is 0 Å². The summed E-state index contributed by atoms with van der Waals surface area (Å²) >= 11 is 0. The molecule has 2 aromatic rings. The van der Waals surface area contributed by atoms with E-state index in [-0.39, 0.29) is 46.4 Å². The van der Waals surface area contributed by atoms with Crippen LogP contribution in [0.15, 0.2) is 48.5 Å². The molecule has 2 aromatic carbocycles. The topological polar surface area (TPSA) is 0 Å². The van der Waals surface area contributed by atoms with Gasteiger partial charge in [-0.2, -0.15) is 71.8 Å². The molecule has 0 aliphatic heterocycles. The first-order valence-corrected chi connectivity index (χ1v) is 4.64. The molecule has 16 heavy (non-hydrogen) atoms. The van der Waals surface area contributed by atoms with Crippen LogP contribution < -0.4 is 0 Å². The van der Waals surface area contributed by atoms with Crippen molar-refractivity contribution in [2.75, 3.05) is 0 Å². The summed E-state index contributed by atoms with van der Waals surface area (Å²) in [6.45, 7) is 4.13. The molecular formula is C14H15AgI-2. The van der Waals surface area contributed by atoms with Gasteiger partial charge in [0.05, 0.1) is 0 Å². The zero-order valence-electron chi connectivity index (χ0n) is 9.33. The molecule has 0 atom stereocenters. The van der Waals surface area contributed by atoms with Crippen LogP contribution in [-0.2, 0) is 22.4 Å². The summed E-state index contributed by atoms with van der Waals surface area (Å²) in [4.78, 5) is 0. The van der Waals surface area contributed by atoms with E-state index in [1.165, 1.54) is 11.1 Å². The normalized spacial score (nSPS) is 7.62. The van der Waals surface area contributed by atoms with E-state index in [4.69, 9.17) is 0 Å². The molecule has 0 saturated carbocycles. The molecule has 2 heteroatoms. The second-order valence-electron chi connectivity index (χ2n) is 3.15. The Labute approximate surface area is 131 Å². The molecule has 1 radical (unpaired) electrons. The summed E-state index contributed by atoms with van der Waals surface area (Å²) < 4.78 is 0. The van der Waals surface area contributed by atoms with Crippen molar-refractivity contribution in [3.8, 4) is 0 Å². The van der Waals surface area contributed by atoms with Crippen LogP contribution >= 0.6 is 24.0 Å². The Balaban J connectivity index is 0. The second-order valence-corrected chi connectivity index (χ2v) is 3.15. The van der Waals surface area contributed by atoms with E-state index in [1.807, 2.05) is 48.5 Å². The van der Waals surface area contributed by atoms with Gasteiger partial charge in [0, 0.05) is 22.4 Å². The van der Waals surface area contributed by atoms with E-state index in [1.54, 1.807) is 0 Å². The molecule has 0 heterocycles. The molecule has 91 valence electrons. The molecule has 0 aliphatic carbocycles. The van der Waals surface area contributed by atoms with E-state index in [9.17, 15) is 0 Å². The van der Waals surface area contributed by atoms with Crippen molar-refractivity contribution < 1.29 is 22.4 Å². The standard InChI is InChI=1S/2C7H7.Ag.HI/c2*1-7-5-3-2-4-6-7;;/h2*3-6H,1H3;;1H/q2*-1;;. The predicted octanol–water partition coefficient (Wildman–Crippen LogP) is 4.21. The van der Waals surface area contributed by atoms with E-state index in [0.717, 1.165) is 0 Å². The van der Waals surface area contributed by atoms with Crippen molar-refractivity contribution in [3.05, 3.63) is 71.8 Å². The fraction of sp³-hybridized carbons (Fsp3) is 0.143. The summed E-state index contributed by atoms with van der Waals surface area (Å²) in [7, 11) is 0. The van der Waals surface area contributed by atoms with Crippen molar-refractivity contribution in [2.24, 2.45) is 0 Å². The maximum absolute atomic E-state index is 2.93. The van der Waals surface area contributed by atoms with E-state index in [2.05, 4.69) is 26.0 Å². The minimum absolute atomic E-state index is 0. The van der Waals surface area contributed by atoms with Crippen LogP contribution in [0.5, 0.6) is 0 Å².